The zero-order valence-corrected chi connectivity index (χ0v) is 38.1. The molecule has 13 heteroatoms. The van der Waals surface area contributed by atoms with Gasteiger partial charge >= 0.3 is 0 Å². The van der Waals surface area contributed by atoms with E-state index >= 15 is 0 Å². The van der Waals surface area contributed by atoms with E-state index in [4.69, 9.17) is 37.9 Å². The third kappa shape index (κ3) is 29.0. The van der Waals surface area contributed by atoms with Crippen molar-refractivity contribution in [3.05, 3.63) is 0 Å². The number of hydrogen-bond acceptors (Lipinski definition) is 13. The van der Waals surface area contributed by atoms with Crippen molar-refractivity contribution < 1.29 is 37.9 Å². The highest BCUT2D eigenvalue weighted by atomic mass is 32.2. The van der Waals surface area contributed by atoms with Crippen molar-refractivity contribution in [2.45, 2.75) is 142 Å². The topological polar surface area (TPSA) is 85.9 Å². The van der Waals surface area contributed by atoms with Crippen molar-refractivity contribution in [2.24, 2.45) is 0 Å². The first kappa shape index (κ1) is 52.1. The van der Waals surface area contributed by atoms with Gasteiger partial charge in [-0.05, 0) is 91.6 Å². The molecule has 1 heterocycles. The van der Waals surface area contributed by atoms with Crippen LogP contribution in [0.15, 0.2) is 0 Å². The molecule has 0 saturated carbocycles. The molecular formula is C40H81NO8S4. The maximum Gasteiger partial charge on any atom is 0.187 e. The van der Waals surface area contributed by atoms with Gasteiger partial charge in [0, 0.05) is 44.3 Å². The Kier molecular flexibility index (Phi) is 37.9. The number of nitrogens with one attached hydrogen (secondary N) is 1. The minimum atomic E-state index is -0.618. The molecule has 3 unspecified atom stereocenters. The number of thioether (sulfide) groups is 4. The summed E-state index contributed by atoms with van der Waals surface area (Å²) in [5, 5.41) is 3.92. The summed E-state index contributed by atoms with van der Waals surface area (Å²) in [5.74, 6) is 7.93. The van der Waals surface area contributed by atoms with Gasteiger partial charge in [0.2, 0.25) is 0 Å². The van der Waals surface area contributed by atoms with E-state index in [1.165, 1.54) is 48.7 Å². The second kappa shape index (κ2) is 38.6. The Balaban J connectivity index is 3.06. The van der Waals surface area contributed by atoms with E-state index in [0.717, 1.165) is 49.5 Å². The van der Waals surface area contributed by atoms with Crippen molar-refractivity contribution in [1.82, 2.24) is 5.32 Å². The molecule has 0 radical (unpaired) electrons. The molecule has 318 valence electrons. The Morgan fingerprint density at radius 1 is 0.528 bits per heavy atom. The lowest BCUT2D eigenvalue weighted by Crippen LogP contribution is -2.62. The van der Waals surface area contributed by atoms with E-state index < -0.39 is 12.4 Å². The van der Waals surface area contributed by atoms with Crippen LogP contribution in [-0.4, -0.2) is 155 Å². The van der Waals surface area contributed by atoms with Gasteiger partial charge in [0.15, 0.2) is 6.29 Å². The minimum Gasteiger partial charge on any atom is -0.379 e. The summed E-state index contributed by atoms with van der Waals surface area (Å²) in [5.41, 5.74) is 0. The molecule has 0 aliphatic carbocycles. The van der Waals surface area contributed by atoms with Gasteiger partial charge < -0.3 is 43.2 Å². The molecule has 0 aromatic carbocycles. The lowest BCUT2D eigenvalue weighted by molar-refractivity contribution is -0.324. The van der Waals surface area contributed by atoms with E-state index in [2.05, 4.69) is 53.8 Å². The van der Waals surface area contributed by atoms with Crippen molar-refractivity contribution in [3.8, 4) is 0 Å². The fourth-order valence-electron chi connectivity index (χ4n) is 5.41. The molecule has 0 spiro atoms. The predicted molar refractivity (Wildman–Crippen MR) is 233 cm³/mol. The molecule has 1 aliphatic rings. The monoisotopic (exact) mass is 831 g/mol. The fraction of sp³-hybridized carbons (Fsp3) is 1.00. The largest absolute Gasteiger partial charge is 0.379 e. The molecule has 1 N–H and O–H groups in total. The average Bonchev–Trinajstić information content (AvgIpc) is 3.15. The van der Waals surface area contributed by atoms with Gasteiger partial charge in [-0.15, -0.1) is 0 Å². The van der Waals surface area contributed by atoms with E-state index in [1.807, 2.05) is 47.0 Å². The minimum absolute atomic E-state index is 0.320. The Bertz CT molecular complexity index is 766. The Morgan fingerprint density at radius 3 is 1.62 bits per heavy atom. The van der Waals surface area contributed by atoms with Gasteiger partial charge in [0.1, 0.15) is 24.4 Å². The lowest BCUT2D eigenvalue weighted by atomic mass is 9.98. The quantitative estimate of drug-likeness (QED) is 0.0601. The summed E-state index contributed by atoms with van der Waals surface area (Å²) in [7, 11) is 0. The molecule has 0 amide bonds. The molecule has 1 rings (SSSR count). The Labute approximate surface area is 343 Å². The number of ether oxygens (including phenoxy) is 8. The highest BCUT2D eigenvalue weighted by Crippen LogP contribution is 2.30. The molecular weight excluding hydrogens is 751 g/mol. The average molecular weight is 832 g/mol. The van der Waals surface area contributed by atoms with Crippen LogP contribution in [-0.2, 0) is 37.9 Å². The van der Waals surface area contributed by atoms with Crippen LogP contribution in [0.2, 0.25) is 0 Å². The molecule has 0 bridgehead atoms. The molecule has 1 saturated heterocycles. The number of hydrogen-bond donors (Lipinski definition) is 1. The highest BCUT2D eigenvalue weighted by molar-refractivity contribution is 8.00. The first-order chi connectivity index (χ1) is 26.0. The van der Waals surface area contributed by atoms with Gasteiger partial charge in [-0.2, -0.15) is 47.0 Å². The van der Waals surface area contributed by atoms with Crippen LogP contribution < -0.4 is 5.32 Å². The second-order valence-corrected chi connectivity index (χ2v) is 18.9. The van der Waals surface area contributed by atoms with Crippen LogP contribution in [0.25, 0.3) is 0 Å². The van der Waals surface area contributed by atoms with Gasteiger partial charge in [-0.1, -0.05) is 48.5 Å². The first-order valence-electron chi connectivity index (χ1n) is 20.9. The SMILES string of the molecule is CCCSCCCOC1[C@H](OCCOCCOCCNC(C)C)OC(COCCC(C)SCCC)[C@@H](OCCCSCCC)[C@@H]1OCCCSCCC. The molecule has 1 aliphatic heterocycles. The van der Waals surface area contributed by atoms with Gasteiger partial charge in [0.05, 0.1) is 39.6 Å². The molecule has 0 aromatic heterocycles. The maximum absolute atomic E-state index is 6.79. The van der Waals surface area contributed by atoms with E-state index in [9.17, 15) is 0 Å². The molecule has 9 nitrogen and oxygen atoms in total. The van der Waals surface area contributed by atoms with Crippen LogP contribution in [0, 0.1) is 0 Å². The van der Waals surface area contributed by atoms with Gasteiger partial charge in [-0.25, -0.2) is 0 Å². The normalized spacial score (nSPS) is 21.2. The molecule has 1 fully saturated rings. The smallest absolute Gasteiger partial charge is 0.187 e. The summed E-state index contributed by atoms with van der Waals surface area (Å²) in [6.45, 7) is 21.9. The van der Waals surface area contributed by atoms with Crippen LogP contribution in [0.5, 0.6) is 0 Å². The van der Waals surface area contributed by atoms with E-state index in [1.54, 1.807) is 0 Å². The van der Waals surface area contributed by atoms with Crippen molar-refractivity contribution in [1.29, 1.82) is 0 Å². The summed E-state index contributed by atoms with van der Waals surface area (Å²) in [4.78, 5) is 0. The number of rotatable bonds is 40. The summed E-state index contributed by atoms with van der Waals surface area (Å²) < 4.78 is 51.3. The third-order valence-electron chi connectivity index (χ3n) is 8.10. The summed E-state index contributed by atoms with van der Waals surface area (Å²) >= 11 is 7.97. The molecule has 0 aromatic rings. The fourth-order valence-corrected chi connectivity index (χ4v) is 8.76. The Morgan fingerprint density at radius 2 is 1.06 bits per heavy atom. The van der Waals surface area contributed by atoms with E-state index in [-0.39, 0.29) is 18.3 Å². The predicted octanol–water partition coefficient (Wildman–Crippen LogP) is 8.45. The molecule has 6 atom stereocenters. The van der Waals surface area contributed by atoms with Gasteiger partial charge in [-0.3, -0.25) is 0 Å². The lowest BCUT2D eigenvalue weighted by Gasteiger charge is -2.46. The van der Waals surface area contributed by atoms with Crippen molar-refractivity contribution >= 4 is 47.0 Å². The van der Waals surface area contributed by atoms with Crippen molar-refractivity contribution in [3.63, 3.8) is 0 Å². The second-order valence-electron chi connectivity index (χ2n) is 13.7. The highest BCUT2D eigenvalue weighted by Gasteiger charge is 2.49. The summed E-state index contributed by atoms with van der Waals surface area (Å²) in [6.07, 6.45) is 6.65. The van der Waals surface area contributed by atoms with Crippen LogP contribution in [0.3, 0.4) is 0 Å². The third-order valence-corrected chi connectivity index (χ3v) is 13.4. The maximum atomic E-state index is 6.79. The van der Waals surface area contributed by atoms with Crippen LogP contribution >= 0.6 is 47.0 Å². The standard InChI is InChI=1S/C40H81NO8S4/c1-8-26-50-30-12-17-45-37-36(33-44-20-15-35(7)53-29-11-4)49-40(48-25-24-43-23-22-42-21-16-41-34(5)6)39(47-19-14-32-52-28-10-3)38(37)46-18-13-31-51-27-9-2/h34-41H,8-33H2,1-7H3/t35?,36?,37-,38+,39?,40-/m1/s1. The molecule has 53 heavy (non-hydrogen) atoms. The zero-order chi connectivity index (χ0) is 38.6. The van der Waals surface area contributed by atoms with E-state index in [0.29, 0.717) is 77.4 Å². The first-order valence-corrected chi connectivity index (χ1v) is 25.4. The van der Waals surface area contributed by atoms with Gasteiger partial charge in [0.25, 0.3) is 0 Å². The van der Waals surface area contributed by atoms with Crippen molar-refractivity contribution in [2.75, 3.05) is 113 Å². The zero-order valence-electron chi connectivity index (χ0n) is 34.8. The van der Waals surface area contributed by atoms with Crippen LogP contribution in [0.4, 0.5) is 0 Å². The Hall–Kier alpha value is 1.04. The van der Waals surface area contributed by atoms with Crippen LogP contribution in [0.1, 0.15) is 99.8 Å². The summed E-state index contributed by atoms with van der Waals surface area (Å²) in [6, 6.07) is 0.456.